The van der Waals surface area contributed by atoms with Crippen molar-refractivity contribution in [1.82, 2.24) is 9.88 Å². The second-order valence-corrected chi connectivity index (χ2v) is 7.59. The molecule has 1 saturated heterocycles. The molecular formula is C25H30N4O. The fourth-order valence-electron chi connectivity index (χ4n) is 3.84. The van der Waals surface area contributed by atoms with Gasteiger partial charge in [0.2, 0.25) is 5.91 Å². The summed E-state index contributed by atoms with van der Waals surface area (Å²) < 4.78 is 0. The van der Waals surface area contributed by atoms with E-state index in [1.54, 1.807) is 19.3 Å². The predicted octanol–water partition coefficient (Wildman–Crippen LogP) is 4.90. The van der Waals surface area contributed by atoms with Crippen molar-refractivity contribution in [3.05, 3.63) is 78.1 Å². The van der Waals surface area contributed by atoms with Crippen molar-refractivity contribution in [3.8, 4) is 0 Å². The van der Waals surface area contributed by atoms with Gasteiger partial charge < -0.3 is 10.2 Å². The van der Waals surface area contributed by atoms with Crippen LogP contribution in [0.1, 0.15) is 49.8 Å². The minimum absolute atomic E-state index is 0.111. The van der Waals surface area contributed by atoms with E-state index < -0.39 is 0 Å². The molecule has 1 aromatic heterocycles. The first-order valence-corrected chi connectivity index (χ1v) is 10.5. The fourth-order valence-corrected chi connectivity index (χ4v) is 3.84. The number of aromatic nitrogens is 1. The quantitative estimate of drug-likeness (QED) is 0.511. The third-order valence-electron chi connectivity index (χ3n) is 5.47. The third kappa shape index (κ3) is 5.03. The molecule has 0 saturated carbocycles. The number of carbonyl (C=O) groups excluding carboxylic acids is 1. The minimum Gasteiger partial charge on any atom is -0.380 e. The van der Waals surface area contributed by atoms with Gasteiger partial charge in [-0.1, -0.05) is 49.9 Å². The first-order chi connectivity index (χ1) is 14.5. The average molecular weight is 403 g/mol. The van der Waals surface area contributed by atoms with Crippen molar-refractivity contribution in [2.75, 3.05) is 18.4 Å². The zero-order valence-corrected chi connectivity index (χ0v) is 17.8. The number of allylic oxidation sites excluding steroid dienone is 3. The van der Waals surface area contributed by atoms with E-state index in [9.17, 15) is 4.79 Å². The molecule has 1 aliphatic rings. The summed E-state index contributed by atoms with van der Waals surface area (Å²) in [5.41, 5.74) is 5.11. The Kier molecular flexibility index (Phi) is 7.17. The molecule has 1 atom stereocenters. The Morgan fingerprint density at radius 2 is 2.03 bits per heavy atom. The lowest BCUT2D eigenvalue weighted by Crippen LogP contribution is -2.44. The van der Waals surface area contributed by atoms with E-state index in [0.29, 0.717) is 12.3 Å². The molecule has 1 fully saturated rings. The molecule has 3 rings (SSSR count). The maximum Gasteiger partial charge on any atom is 0.219 e. The number of nitrogens with one attached hydrogen (secondary N) is 2. The average Bonchev–Trinajstić information content (AvgIpc) is 2.78. The van der Waals surface area contributed by atoms with Crippen molar-refractivity contribution in [3.63, 3.8) is 0 Å². The Morgan fingerprint density at radius 3 is 2.70 bits per heavy atom. The maximum atomic E-state index is 11.7. The number of amides is 1. The normalized spacial score (nSPS) is 16.8. The molecule has 1 aliphatic heterocycles. The monoisotopic (exact) mass is 402 g/mol. The van der Waals surface area contributed by atoms with Gasteiger partial charge >= 0.3 is 0 Å². The summed E-state index contributed by atoms with van der Waals surface area (Å²) >= 11 is 0. The number of nitrogens with zero attached hydrogens (tertiary/aromatic N) is 2. The van der Waals surface area contributed by atoms with Crippen molar-refractivity contribution in [2.24, 2.45) is 0 Å². The number of likely N-dealkylation sites (tertiary alicyclic amines) is 1. The van der Waals surface area contributed by atoms with Crippen LogP contribution in [0, 0.1) is 5.41 Å². The van der Waals surface area contributed by atoms with Crippen LogP contribution in [0.4, 0.5) is 5.69 Å². The lowest BCUT2D eigenvalue weighted by atomic mass is 9.97. The SMILES string of the molecule is C=C/C(=C\CC)c1ccc(C(=N)c2cnccc2NC2CCCN(C(C)=O)C2)cc1. The fraction of sp³-hybridized carbons (Fsp3) is 0.320. The number of piperidine rings is 1. The Labute approximate surface area is 179 Å². The Bertz CT molecular complexity index is 946. The van der Waals surface area contributed by atoms with Crippen LogP contribution in [0.25, 0.3) is 5.57 Å². The van der Waals surface area contributed by atoms with Crippen LogP contribution >= 0.6 is 0 Å². The van der Waals surface area contributed by atoms with Crippen LogP contribution in [0.2, 0.25) is 0 Å². The standard InChI is InChI=1S/C25H30N4O/c1-4-7-19(5-2)20-9-11-21(12-10-20)25(26)23-16-27-14-13-24(23)28-22-8-6-15-29(17-22)18(3)30/h5,7,9-14,16,22,26H,2,4,6,8,15,17H2,1,3H3,(H,27,28)/b19-7+,26-25?. The molecule has 30 heavy (non-hydrogen) atoms. The van der Waals surface area contributed by atoms with Crippen molar-refractivity contribution in [1.29, 1.82) is 5.41 Å². The summed E-state index contributed by atoms with van der Waals surface area (Å²) in [5, 5.41) is 12.3. The molecule has 0 aliphatic carbocycles. The summed E-state index contributed by atoms with van der Waals surface area (Å²) in [5.74, 6) is 0.111. The van der Waals surface area contributed by atoms with Crippen LogP contribution in [0.15, 0.2) is 61.5 Å². The number of hydrogen-bond acceptors (Lipinski definition) is 4. The van der Waals surface area contributed by atoms with Crippen molar-refractivity contribution in [2.45, 2.75) is 39.2 Å². The first-order valence-electron chi connectivity index (χ1n) is 10.5. The molecule has 5 nitrogen and oxygen atoms in total. The van der Waals surface area contributed by atoms with E-state index in [1.807, 2.05) is 41.3 Å². The summed E-state index contributed by atoms with van der Waals surface area (Å²) in [4.78, 5) is 17.9. The van der Waals surface area contributed by atoms with Crippen LogP contribution in [-0.2, 0) is 4.79 Å². The number of hydrogen-bond donors (Lipinski definition) is 2. The van der Waals surface area contributed by atoms with E-state index in [0.717, 1.165) is 53.8 Å². The predicted molar refractivity (Wildman–Crippen MR) is 124 cm³/mol. The topological polar surface area (TPSA) is 69.1 Å². The summed E-state index contributed by atoms with van der Waals surface area (Å²) in [7, 11) is 0. The third-order valence-corrected chi connectivity index (χ3v) is 5.47. The maximum absolute atomic E-state index is 11.7. The molecular weight excluding hydrogens is 372 g/mol. The molecule has 1 unspecified atom stereocenters. The second kappa shape index (κ2) is 10.0. The van der Waals surface area contributed by atoms with Gasteiger partial charge in [-0.3, -0.25) is 15.2 Å². The van der Waals surface area contributed by atoms with Crippen LogP contribution < -0.4 is 5.32 Å². The van der Waals surface area contributed by atoms with E-state index >= 15 is 0 Å². The number of rotatable bonds is 7. The highest BCUT2D eigenvalue weighted by atomic mass is 16.2. The molecule has 0 bridgehead atoms. The molecule has 0 spiro atoms. The Morgan fingerprint density at radius 1 is 1.30 bits per heavy atom. The number of anilines is 1. The highest BCUT2D eigenvalue weighted by molar-refractivity contribution is 6.14. The molecule has 2 N–H and O–H groups in total. The number of benzene rings is 1. The summed E-state index contributed by atoms with van der Waals surface area (Å²) in [6.45, 7) is 9.12. The molecule has 2 heterocycles. The van der Waals surface area contributed by atoms with Crippen LogP contribution in [-0.4, -0.2) is 40.6 Å². The first kappa shape index (κ1) is 21.5. The molecule has 156 valence electrons. The highest BCUT2D eigenvalue weighted by Gasteiger charge is 2.22. The zero-order chi connectivity index (χ0) is 21.5. The van der Waals surface area contributed by atoms with Crippen molar-refractivity contribution < 1.29 is 4.79 Å². The van der Waals surface area contributed by atoms with E-state index in [-0.39, 0.29) is 11.9 Å². The van der Waals surface area contributed by atoms with Crippen molar-refractivity contribution >= 4 is 22.9 Å². The molecule has 2 aromatic rings. The van der Waals surface area contributed by atoms with Crippen LogP contribution in [0.5, 0.6) is 0 Å². The van der Waals surface area contributed by atoms with E-state index in [2.05, 4.69) is 29.9 Å². The molecule has 5 heteroatoms. The van der Waals surface area contributed by atoms with E-state index in [1.165, 1.54) is 0 Å². The second-order valence-electron chi connectivity index (χ2n) is 7.59. The smallest absolute Gasteiger partial charge is 0.219 e. The van der Waals surface area contributed by atoms with Crippen LogP contribution in [0.3, 0.4) is 0 Å². The molecule has 1 aromatic carbocycles. The summed E-state index contributed by atoms with van der Waals surface area (Å²) in [6.07, 6.45) is 10.4. The van der Waals surface area contributed by atoms with Gasteiger partial charge in [0.25, 0.3) is 0 Å². The summed E-state index contributed by atoms with van der Waals surface area (Å²) in [6, 6.07) is 10.1. The van der Waals surface area contributed by atoms with Gasteiger partial charge in [0, 0.05) is 55.3 Å². The number of carbonyl (C=O) groups is 1. The van der Waals surface area contributed by atoms with Gasteiger partial charge in [-0.2, -0.15) is 0 Å². The lowest BCUT2D eigenvalue weighted by molar-refractivity contribution is -0.129. The van der Waals surface area contributed by atoms with Gasteiger partial charge in [-0.15, -0.1) is 0 Å². The van der Waals surface area contributed by atoms with Gasteiger partial charge in [0.1, 0.15) is 0 Å². The van der Waals surface area contributed by atoms with Gasteiger partial charge in [0.05, 0.1) is 5.71 Å². The van der Waals surface area contributed by atoms with Gasteiger partial charge in [-0.05, 0) is 36.5 Å². The van der Waals surface area contributed by atoms with Gasteiger partial charge in [-0.25, -0.2) is 0 Å². The van der Waals surface area contributed by atoms with Gasteiger partial charge in [0.15, 0.2) is 0 Å². The van der Waals surface area contributed by atoms with E-state index in [4.69, 9.17) is 5.41 Å². The number of pyridine rings is 1. The zero-order valence-electron chi connectivity index (χ0n) is 17.8. The molecule has 1 amide bonds. The highest BCUT2D eigenvalue weighted by Crippen LogP contribution is 2.23. The minimum atomic E-state index is 0.111. The Balaban J connectivity index is 1.79. The molecule has 0 radical (unpaired) electrons. The Hall–Kier alpha value is -3.21. The largest absolute Gasteiger partial charge is 0.380 e. The lowest BCUT2D eigenvalue weighted by Gasteiger charge is -2.33.